The van der Waals surface area contributed by atoms with Crippen LogP contribution in [0, 0.1) is 0 Å². The molecule has 2 N–H and O–H groups in total. The van der Waals surface area contributed by atoms with E-state index in [0.29, 0.717) is 29.4 Å². The van der Waals surface area contributed by atoms with Gasteiger partial charge in [0.15, 0.2) is 0 Å². The number of benzene rings is 2. The second-order valence-corrected chi connectivity index (χ2v) is 5.01. The summed E-state index contributed by atoms with van der Waals surface area (Å²) in [6.45, 7) is 3.11. The van der Waals surface area contributed by atoms with Gasteiger partial charge in [-0.25, -0.2) is 0 Å². The van der Waals surface area contributed by atoms with Crippen LogP contribution in [0.3, 0.4) is 0 Å². The Balaban J connectivity index is 2.18. The molecule has 0 atom stereocenters. The predicted octanol–water partition coefficient (Wildman–Crippen LogP) is 3.58. The molecule has 0 saturated heterocycles. The van der Waals surface area contributed by atoms with Gasteiger partial charge in [0.05, 0.1) is 0 Å². The third-order valence-electron chi connectivity index (χ3n) is 3.06. The Labute approximate surface area is 124 Å². The van der Waals surface area contributed by atoms with Crippen molar-refractivity contribution in [2.24, 2.45) is 0 Å². The van der Waals surface area contributed by atoms with Crippen molar-refractivity contribution in [2.45, 2.75) is 13.5 Å². The number of hydrogen-bond donors (Lipinski definition) is 1. The van der Waals surface area contributed by atoms with Gasteiger partial charge < -0.3 is 10.6 Å². The van der Waals surface area contributed by atoms with Crippen LogP contribution in [0.25, 0.3) is 0 Å². The van der Waals surface area contributed by atoms with Crippen LogP contribution in [-0.4, -0.2) is 17.4 Å². The minimum absolute atomic E-state index is 0.0302. The summed E-state index contributed by atoms with van der Waals surface area (Å²) in [6.07, 6.45) is 0. The summed E-state index contributed by atoms with van der Waals surface area (Å²) < 4.78 is 0. The van der Waals surface area contributed by atoms with Crippen molar-refractivity contribution >= 4 is 23.2 Å². The van der Waals surface area contributed by atoms with Crippen molar-refractivity contribution in [3.8, 4) is 0 Å². The maximum atomic E-state index is 12.5. The standard InChI is InChI=1S/C16H17ClN2O/c1-2-19(11-12-5-3-8-15(18)9-12)16(20)13-6-4-7-14(17)10-13/h3-10H,2,11,18H2,1H3. The molecular weight excluding hydrogens is 272 g/mol. The van der Waals surface area contributed by atoms with E-state index in [9.17, 15) is 4.79 Å². The number of hydrogen-bond acceptors (Lipinski definition) is 2. The lowest BCUT2D eigenvalue weighted by Gasteiger charge is -2.21. The van der Waals surface area contributed by atoms with E-state index in [-0.39, 0.29) is 5.91 Å². The fourth-order valence-corrected chi connectivity index (χ4v) is 2.23. The molecule has 0 aromatic heterocycles. The quantitative estimate of drug-likeness (QED) is 0.874. The molecule has 0 aliphatic carbocycles. The zero-order chi connectivity index (χ0) is 14.5. The second-order valence-electron chi connectivity index (χ2n) is 4.57. The van der Waals surface area contributed by atoms with Crippen LogP contribution in [0.1, 0.15) is 22.8 Å². The molecule has 0 aliphatic heterocycles. The topological polar surface area (TPSA) is 46.3 Å². The molecule has 0 unspecified atom stereocenters. The molecule has 1 amide bonds. The van der Waals surface area contributed by atoms with Crippen molar-refractivity contribution in [3.63, 3.8) is 0 Å². The smallest absolute Gasteiger partial charge is 0.254 e. The number of amides is 1. The summed E-state index contributed by atoms with van der Waals surface area (Å²) in [5.41, 5.74) is 8.08. The molecule has 0 heterocycles. The highest BCUT2D eigenvalue weighted by Gasteiger charge is 2.14. The first-order chi connectivity index (χ1) is 9.60. The molecule has 0 radical (unpaired) electrons. The Bertz CT molecular complexity index is 613. The first kappa shape index (κ1) is 14.4. The molecule has 0 spiro atoms. The zero-order valence-electron chi connectivity index (χ0n) is 11.3. The van der Waals surface area contributed by atoms with Crippen molar-refractivity contribution in [1.29, 1.82) is 0 Å². The molecule has 0 fully saturated rings. The number of nitrogen functional groups attached to an aromatic ring is 1. The van der Waals surface area contributed by atoms with Crippen LogP contribution in [0.5, 0.6) is 0 Å². The number of nitrogens with two attached hydrogens (primary N) is 1. The number of rotatable bonds is 4. The highest BCUT2D eigenvalue weighted by atomic mass is 35.5. The van der Waals surface area contributed by atoms with E-state index in [0.717, 1.165) is 5.56 Å². The van der Waals surface area contributed by atoms with E-state index in [2.05, 4.69) is 0 Å². The number of nitrogens with zero attached hydrogens (tertiary/aromatic N) is 1. The van der Waals surface area contributed by atoms with E-state index in [1.54, 1.807) is 29.2 Å². The third kappa shape index (κ3) is 3.52. The van der Waals surface area contributed by atoms with Gasteiger partial charge in [-0.05, 0) is 42.8 Å². The minimum Gasteiger partial charge on any atom is -0.399 e. The summed E-state index contributed by atoms with van der Waals surface area (Å²) in [5, 5.41) is 0.566. The molecule has 0 aliphatic rings. The molecule has 4 heteroatoms. The summed E-state index contributed by atoms with van der Waals surface area (Å²) >= 11 is 5.93. The molecule has 2 aromatic rings. The molecule has 0 saturated carbocycles. The minimum atomic E-state index is -0.0302. The van der Waals surface area contributed by atoms with Crippen LogP contribution in [0.4, 0.5) is 5.69 Å². The lowest BCUT2D eigenvalue weighted by atomic mass is 10.1. The predicted molar refractivity (Wildman–Crippen MR) is 82.7 cm³/mol. The first-order valence-corrected chi connectivity index (χ1v) is 6.87. The van der Waals surface area contributed by atoms with E-state index in [4.69, 9.17) is 17.3 Å². The van der Waals surface area contributed by atoms with Gasteiger partial charge in [0.25, 0.3) is 5.91 Å². The van der Waals surface area contributed by atoms with Crippen molar-refractivity contribution in [3.05, 3.63) is 64.7 Å². The Hall–Kier alpha value is -2.00. The Morgan fingerprint density at radius 3 is 2.60 bits per heavy atom. The van der Waals surface area contributed by atoms with E-state index < -0.39 is 0 Å². The normalized spacial score (nSPS) is 10.3. The fraction of sp³-hybridized carbons (Fsp3) is 0.188. The highest BCUT2D eigenvalue weighted by molar-refractivity contribution is 6.30. The summed E-state index contributed by atoms with van der Waals surface area (Å²) in [7, 11) is 0. The molecule has 20 heavy (non-hydrogen) atoms. The molecule has 0 bridgehead atoms. The van der Waals surface area contributed by atoms with Crippen molar-refractivity contribution in [1.82, 2.24) is 4.90 Å². The summed E-state index contributed by atoms with van der Waals surface area (Å²) in [4.78, 5) is 14.2. The maximum Gasteiger partial charge on any atom is 0.254 e. The largest absolute Gasteiger partial charge is 0.399 e. The Morgan fingerprint density at radius 1 is 1.20 bits per heavy atom. The number of carbonyl (C=O) groups is 1. The van der Waals surface area contributed by atoms with Crippen LogP contribution in [0.15, 0.2) is 48.5 Å². The van der Waals surface area contributed by atoms with Gasteiger partial charge in [-0.3, -0.25) is 4.79 Å². The zero-order valence-corrected chi connectivity index (χ0v) is 12.1. The van der Waals surface area contributed by atoms with Gasteiger partial charge in [0.1, 0.15) is 0 Å². The maximum absolute atomic E-state index is 12.5. The average molecular weight is 289 g/mol. The molecular formula is C16H17ClN2O. The van der Waals surface area contributed by atoms with Gasteiger partial charge in [-0.1, -0.05) is 29.8 Å². The van der Waals surface area contributed by atoms with Gasteiger partial charge in [-0.2, -0.15) is 0 Å². The number of carbonyl (C=O) groups excluding carboxylic acids is 1. The third-order valence-corrected chi connectivity index (χ3v) is 3.30. The molecule has 3 nitrogen and oxygen atoms in total. The van der Waals surface area contributed by atoms with Crippen molar-refractivity contribution in [2.75, 3.05) is 12.3 Å². The average Bonchev–Trinajstić information content (AvgIpc) is 2.44. The fourth-order valence-electron chi connectivity index (χ4n) is 2.04. The molecule has 2 aromatic carbocycles. The van der Waals surface area contributed by atoms with E-state index in [1.807, 2.05) is 31.2 Å². The lowest BCUT2D eigenvalue weighted by molar-refractivity contribution is 0.0752. The number of anilines is 1. The SMILES string of the molecule is CCN(Cc1cccc(N)c1)C(=O)c1cccc(Cl)c1. The second kappa shape index (κ2) is 6.44. The van der Waals surface area contributed by atoms with Crippen LogP contribution >= 0.6 is 11.6 Å². The summed E-state index contributed by atoms with van der Waals surface area (Å²) in [6, 6.07) is 14.6. The van der Waals surface area contributed by atoms with Gasteiger partial charge in [0.2, 0.25) is 0 Å². The summed E-state index contributed by atoms with van der Waals surface area (Å²) in [5.74, 6) is -0.0302. The van der Waals surface area contributed by atoms with E-state index in [1.165, 1.54) is 0 Å². The Kier molecular flexibility index (Phi) is 4.64. The van der Waals surface area contributed by atoms with Crippen LogP contribution in [0.2, 0.25) is 5.02 Å². The van der Waals surface area contributed by atoms with Crippen molar-refractivity contribution < 1.29 is 4.79 Å². The monoisotopic (exact) mass is 288 g/mol. The van der Waals surface area contributed by atoms with E-state index >= 15 is 0 Å². The Morgan fingerprint density at radius 2 is 1.95 bits per heavy atom. The van der Waals surface area contributed by atoms with Crippen LogP contribution < -0.4 is 5.73 Å². The van der Waals surface area contributed by atoms with Gasteiger partial charge >= 0.3 is 0 Å². The van der Waals surface area contributed by atoms with Gasteiger partial charge in [0, 0.05) is 29.4 Å². The molecule has 2 rings (SSSR count). The van der Waals surface area contributed by atoms with Crippen LogP contribution in [-0.2, 0) is 6.54 Å². The highest BCUT2D eigenvalue weighted by Crippen LogP contribution is 2.15. The molecule has 104 valence electrons. The number of halogens is 1. The van der Waals surface area contributed by atoms with Gasteiger partial charge in [-0.15, -0.1) is 0 Å². The lowest BCUT2D eigenvalue weighted by Crippen LogP contribution is -2.30. The first-order valence-electron chi connectivity index (χ1n) is 6.49.